The molecule has 3 nitrogen and oxygen atoms in total. The van der Waals surface area contributed by atoms with Gasteiger partial charge in [0.15, 0.2) is 0 Å². The fraction of sp³-hybridized carbons (Fsp3) is 0.571. The number of ether oxygens (including phenoxy) is 2. The molecule has 0 bridgehead atoms. The third-order valence-electron chi connectivity index (χ3n) is 2.74. The molecular weight excluding hydrogens is 294 g/mol. The third kappa shape index (κ3) is 4.96. The largest absolute Gasteiger partial charge is 0.489 e. The van der Waals surface area contributed by atoms with Crippen LogP contribution in [-0.4, -0.2) is 26.4 Å². The minimum Gasteiger partial charge on any atom is -0.489 e. The van der Waals surface area contributed by atoms with Crippen LogP contribution in [-0.2, 0) is 11.3 Å². The Labute approximate surface area is 118 Å². The van der Waals surface area contributed by atoms with E-state index in [9.17, 15) is 0 Å². The lowest BCUT2D eigenvalue weighted by atomic mass is 10.2. The number of halogens is 1. The molecule has 1 N–H and O–H groups in total. The summed E-state index contributed by atoms with van der Waals surface area (Å²) in [7, 11) is 1.71. The van der Waals surface area contributed by atoms with E-state index in [-0.39, 0.29) is 6.10 Å². The van der Waals surface area contributed by atoms with Crippen LogP contribution in [0.25, 0.3) is 0 Å². The van der Waals surface area contributed by atoms with Gasteiger partial charge < -0.3 is 14.8 Å². The van der Waals surface area contributed by atoms with Crippen LogP contribution in [0.3, 0.4) is 0 Å². The van der Waals surface area contributed by atoms with Gasteiger partial charge in [-0.15, -0.1) is 0 Å². The Balaban J connectivity index is 2.67. The molecule has 0 aromatic heterocycles. The van der Waals surface area contributed by atoms with E-state index in [1.165, 1.54) is 5.56 Å². The highest BCUT2D eigenvalue weighted by molar-refractivity contribution is 9.10. The number of hydrogen-bond donors (Lipinski definition) is 1. The predicted molar refractivity (Wildman–Crippen MR) is 78.1 cm³/mol. The molecule has 0 saturated heterocycles. The van der Waals surface area contributed by atoms with Gasteiger partial charge in [-0.2, -0.15) is 0 Å². The first kappa shape index (κ1) is 15.5. The molecule has 18 heavy (non-hydrogen) atoms. The first-order valence-electron chi connectivity index (χ1n) is 6.32. The van der Waals surface area contributed by atoms with Crippen molar-refractivity contribution < 1.29 is 9.47 Å². The Kier molecular flexibility index (Phi) is 7.32. The monoisotopic (exact) mass is 315 g/mol. The van der Waals surface area contributed by atoms with Crippen molar-refractivity contribution in [3.8, 4) is 5.75 Å². The first-order chi connectivity index (χ1) is 8.69. The van der Waals surface area contributed by atoms with Gasteiger partial charge >= 0.3 is 0 Å². The Morgan fingerprint density at radius 3 is 2.83 bits per heavy atom. The van der Waals surface area contributed by atoms with Crippen molar-refractivity contribution >= 4 is 15.9 Å². The minimum absolute atomic E-state index is 0.224. The number of rotatable bonds is 8. The molecular formula is C14H22BrNO2. The van der Waals surface area contributed by atoms with E-state index in [2.05, 4.69) is 41.2 Å². The molecule has 102 valence electrons. The normalized spacial score (nSPS) is 12.4. The summed E-state index contributed by atoms with van der Waals surface area (Å²) in [6.45, 7) is 6.55. The van der Waals surface area contributed by atoms with Crippen molar-refractivity contribution in [2.45, 2.75) is 32.9 Å². The SMILES string of the molecule is CCC(C)Oc1c(Br)cccc1CNCCOC. The number of nitrogens with one attached hydrogen (secondary N) is 1. The lowest BCUT2D eigenvalue weighted by Crippen LogP contribution is -2.20. The van der Waals surface area contributed by atoms with Gasteiger partial charge in [-0.3, -0.25) is 0 Å². The van der Waals surface area contributed by atoms with Crippen LogP contribution < -0.4 is 10.1 Å². The molecule has 1 atom stereocenters. The molecule has 4 heteroatoms. The fourth-order valence-electron chi connectivity index (χ4n) is 1.51. The second kappa shape index (κ2) is 8.51. The van der Waals surface area contributed by atoms with Crippen LogP contribution in [0.4, 0.5) is 0 Å². The molecule has 0 amide bonds. The van der Waals surface area contributed by atoms with Gasteiger partial charge in [0.05, 0.1) is 17.2 Å². The molecule has 0 aliphatic heterocycles. The van der Waals surface area contributed by atoms with Gasteiger partial charge in [-0.25, -0.2) is 0 Å². The maximum atomic E-state index is 5.96. The molecule has 1 rings (SSSR count). The minimum atomic E-state index is 0.224. The van der Waals surface area contributed by atoms with E-state index in [1.807, 2.05) is 12.1 Å². The Morgan fingerprint density at radius 1 is 1.39 bits per heavy atom. The summed E-state index contributed by atoms with van der Waals surface area (Å²) in [6, 6.07) is 6.12. The predicted octanol–water partition coefficient (Wildman–Crippen LogP) is 3.36. The fourth-order valence-corrected chi connectivity index (χ4v) is 2.01. The Hall–Kier alpha value is -0.580. The van der Waals surface area contributed by atoms with Crippen molar-refractivity contribution in [2.24, 2.45) is 0 Å². The molecule has 0 fully saturated rings. The number of benzene rings is 1. The maximum Gasteiger partial charge on any atom is 0.138 e. The van der Waals surface area contributed by atoms with E-state index in [0.29, 0.717) is 0 Å². The maximum absolute atomic E-state index is 5.96. The molecule has 0 saturated carbocycles. The molecule has 0 spiro atoms. The molecule has 0 radical (unpaired) electrons. The van der Waals surface area contributed by atoms with Crippen molar-refractivity contribution in [1.82, 2.24) is 5.32 Å². The number of methoxy groups -OCH3 is 1. The summed E-state index contributed by atoms with van der Waals surface area (Å²) < 4.78 is 12.0. The lowest BCUT2D eigenvalue weighted by molar-refractivity contribution is 0.197. The zero-order valence-electron chi connectivity index (χ0n) is 11.3. The van der Waals surface area contributed by atoms with E-state index >= 15 is 0 Å². The van der Waals surface area contributed by atoms with Crippen molar-refractivity contribution in [3.63, 3.8) is 0 Å². The highest BCUT2D eigenvalue weighted by Gasteiger charge is 2.10. The summed E-state index contributed by atoms with van der Waals surface area (Å²) in [4.78, 5) is 0. The van der Waals surface area contributed by atoms with Crippen molar-refractivity contribution in [3.05, 3.63) is 28.2 Å². The van der Waals surface area contributed by atoms with Crippen molar-refractivity contribution in [2.75, 3.05) is 20.3 Å². The molecule has 1 aromatic rings. The second-order valence-corrected chi connectivity index (χ2v) is 5.09. The summed E-state index contributed by atoms with van der Waals surface area (Å²) in [5.41, 5.74) is 1.17. The first-order valence-corrected chi connectivity index (χ1v) is 7.12. The zero-order chi connectivity index (χ0) is 13.4. The molecule has 1 unspecified atom stereocenters. The van der Waals surface area contributed by atoms with Gasteiger partial charge in [-0.05, 0) is 35.3 Å². The van der Waals surface area contributed by atoms with E-state index in [4.69, 9.17) is 9.47 Å². The Bertz CT molecular complexity index is 358. The van der Waals surface area contributed by atoms with Gasteiger partial charge in [0.25, 0.3) is 0 Å². The molecule has 0 aliphatic carbocycles. The molecule has 0 heterocycles. The van der Waals surface area contributed by atoms with Crippen LogP contribution in [0.1, 0.15) is 25.8 Å². The van der Waals surface area contributed by atoms with E-state index < -0.39 is 0 Å². The quantitative estimate of drug-likeness (QED) is 0.746. The van der Waals surface area contributed by atoms with Crippen LogP contribution in [0.15, 0.2) is 22.7 Å². The van der Waals surface area contributed by atoms with Crippen LogP contribution in [0.2, 0.25) is 0 Å². The standard InChI is InChI=1S/C14H22BrNO2/c1-4-11(2)18-14-12(6-5-7-13(14)15)10-16-8-9-17-3/h5-7,11,16H,4,8-10H2,1-3H3. The van der Waals surface area contributed by atoms with Crippen LogP contribution in [0, 0.1) is 0 Å². The number of para-hydroxylation sites is 1. The van der Waals surface area contributed by atoms with Gasteiger partial charge in [0, 0.05) is 25.8 Å². The smallest absolute Gasteiger partial charge is 0.138 e. The molecule has 0 aliphatic rings. The average Bonchev–Trinajstić information content (AvgIpc) is 2.38. The van der Waals surface area contributed by atoms with Crippen LogP contribution in [0.5, 0.6) is 5.75 Å². The average molecular weight is 316 g/mol. The lowest BCUT2D eigenvalue weighted by Gasteiger charge is -2.18. The Morgan fingerprint density at radius 2 is 2.17 bits per heavy atom. The number of hydrogen-bond acceptors (Lipinski definition) is 3. The highest BCUT2D eigenvalue weighted by Crippen LogP contribution is 2.30. The molecule has 1 aromatic carbocycles. The third-order valence-corrected chi connectivity index (χ3v) is 3.37. The second-order valence-electron chi connectivity index (χ2n) is 4.23. The highest BCUT2D eigenvalue weighted by atomic mass is 79.9. The van der Waals surface area contributed by atoms with Gasteiger partial charge in [0.2, 0.25) is 0 Å². The topological polar surface area (TPSA) is 30.5 Å². The van der Waals surface area contributed by atoms with Gasteiger partial charge in [-0.1, -0.05) is 19.1 Å². The van der Waals surface area contributed by atoms with Crippen LogP contribution >= 0.6 is 15.9 Å². The summed E-state index contributed by atoms with van der Waals surface area (Å²) >= 11 is 3.55. The zero-order valence-corrected chi connectivity index (χ0v) is 12.9. The summed E-state index contributed by atoms with van der Waals surface area (Å²) in [5, 5.41) is 3.34. The van der Waals surface area contributed by atoms with Gasteiger partial charge in [0.1, 0.15) is 5.75 Å². The van der Waals surface area contributed by atoms with E-state index in [0.717, 1.165) is 36.3 Å². The van der Waals surface area contributed by atoms with Crippen molar-refractivity contribution in [1.29, 1.82) is 0 Å². The summed E-state index contributed by atoms with van der Waals surface area (Å²) in [6.07, 6.45) is 1.22. The summed E-state index contributed by atoms with van der Waals surface area (Å²) in [5.74, 6) is 0.941. The van der Waals surface area contributed by atoms with E-state index in [1.54, 1.807) is 7.11 Å².